The molecule has 29 heavy (non-hydrogen) atoms. The van der Waals surface area contributed by atoms with E-state index in [0.717, 1.165) is 11.4 Å². The molecule has 0 saturated carbocycles. The Morgan fingerprint density at radius 3 is 2.14 bits per heavy atom. The first kappa shape index (κ1) is 20.2. The van der Waals surface area contributed by atoms with E-state index >= 15 is 0 Å². The molecule has 1 atom stereocenters. The number of hydrogen-bond acceptors (Lipinski definition) is 5. The zero-order valence-corrected chi connectivity index (χ0v) is 15.7. The Hall–Kier alpha value is -3.55. The zero-order valence-electron chi connectivity index (χ0n) is 15.7. The predicted octanol–water partition coefficient (Wildman–Crippen LogP) is 4.21. The van der Waals surface area contributed by atoms with Crippen LogP contribution in [0, 0.1) is 6.92 Å². The fourth-order valence-corrected chi connectivity index (χ4v) is 2.70. The average molecular weight is 400 g/mol. The molecule has 1 aromatic heterocycles. The average Bonchev–Trinajstić information content (AvgIpc) is 3.13. The minimum atomic E-state index is -2.94. The molecule has 3 aromatic rings. The third-order valence-corrected chi connectivity index (χ3v) is 4.20. The van der Waals surface area contributed by atoms with Gasteiger partial charge in [-0.2, -0.15) is 13.9 Å². The lowest BCUT2D eigenvalue weighted by Crippen LogP contribution is -2.24. The first-order valence-corrected chi connectivity index (χ1v) is 8.76. The molecule has 1 heterocycles. The topological polar surface area (TPSA) is 70.4 Å². The second-order valence-electron chi connectivity index (χ2n) is 6.25. The lowest BCUT2D eigenvalue weighted by atomic mass is 10.1. The summed E-state index contributed by atoms with van der Waals surface area (Å²) < 4.78 is 35.6. The van der Waals surface area contributed by atoms with E-state index in [-0.39, 0.29) is 11.3 Å². The lowest BCUT2D eigenvalue weighted by molar-refractivity contribution is -0.0498. The fourth-order valence-electron chi connectivity index (χ4n) is 2.70. The van der Waals surface area contributed by atoms with Gasteiger partial charge < -0.3 is 9.47 Å². The SMILES string of the molecule is Cc1ccnn1-c1ccc(C(=O)O[C@H](C)C(=O)c2ccc(OC(F)F)cc2)cc1. The van der Waals surface area contributed by atoms with E-state index in [0.29, 0.717) is 5.56 Å². The van der Waals surface area contributed by atoms with E-state index in [1.807, 2.05) is 13.0 Å². The molecule has 6 nitrogen and oxygen atoms in total. The minimum Gasteiger partial charge on any atom is -0.451 e. The zero-order chi connectivity index (χ0) is 21.0. The van der Waals surface area contributed by atoms with Crippen LogP contribution in [-0.4, -0.2) is 34.2 Å². The van der Waals surface area contributed by atoms with Gasteiger partial charge in [0.15, 0.2) is 6.10 Å². The third kappa shape index (κ3) is 4.84. The van der Waals surface area contributed by atoms with Gasteiger partial charge in [0, 0.05) is 17.5 Å². The molecule has 0 bridgehead atoms. The van der Waals surface area contributed by atoms with Crippen LogP contribution in [0.3, 0.4) is 0 Å². The van der Waals surface area contributed by atoms with Gasteiger partial charge >= 0.3 is 12.6 Å². The highest BCUT2D eigenvalue weighted by molar-refractivity contribution is 6.01. The maximum Gasteiger partial charge on any atom is 0.387 e. The number of carbonyl (C=O) groups excluding carboxylic acids is 2. The monoisotopic (exact) mass is 400 g/mol. The maximum absolute atomic E-state index is 12.4. The van der Waals surface area contributed by atoms with Crippen molar-refractivity contribution in [2.45, 2.75) is 26.6 Å². The van der Waals surface area contributed by atoms with Crippen molar-refractivity contribution >= 4 is 11.8 Å². The highest BCUT2D eigenvalue weighted by Gasteiger charge is 2.21. The molecule has 0 aliphatic heterocycles. The molecule has 0 aliphatic rings. The predicted molar refractivity (Wildman–Crippen MR) is 101 cm³/mol. The van der Waals surface area contributed by atoms with Crippen LogP contribution in [0.2, 0.25) is 0 Å². The van der Waals surface area contributed by atoms with Crippen molar-refractivity contribution in [3.63, 3.8) is 0 Å². The molecule has 0 spiro atoms. The molecule has 150 valence electrons. The highest BCUT2D eigenvalue weighted by Crippen LogP contribution is 2.17. The highest BCUT2D eigenvalue weighted by atomic mass is 19.3. The van der Waals surface area contributed by atoms with Crippen molar-refractivity contribution in [2.75, 3.05) is 0 Å². The standard InChI is InChI=1S/C21H18F2N2O4/c1-13-11-12-24-25(13)17-7-3-16(4-8-17)20(27)28-14(2)19(26)15-5-9-18(10-6-15)29-21(22)23/h3-12,14,21H,1-2H3/t14-/m1/s1. The molecule has 3 rings (SSSR count). The van der Waals surface area contributed by atoms with Crippen molar-refractivity contribution in [1.29, 1.82) is 0 Å². The van der Waals surface area contributed by atoms with Crippen LogP contribution >= 0.6 is 0 Å². The van der Waals surface area contributed by atoms with Crippen LogP contribution in [0.15, 0.2) is 60.8 Å². The number of esters is 1. The molecule has 0 radical (unpaired) electrons. The number of benzene rings is 2. The van der Waals surface area contributed by atoms with Crippen molar-refractivity contribution in [1.82, 2.24) is 9.78 Å². The van der Waals surface area contributed by atoms with Gasteiger partial charge in [-0.3, -0.25) is 4.79 Å². The maximum atomic E-state index is 12.4. The van der Waals surface area contributed by atoms with Gasteiger partial charge in [-0.15, -0.1) is 0 Å². The van der Waals surface area contributed by atoms with Gasteiger partial charge in [-0.25, -0.2) is 9.48 Å². The summed E-state index contributed by atoms with van der Waals surface area (Å²) in [5.41, 5.74) is 2.25. The fraction of sp³-hybridized carbons (Fsp3) is 0.190. The van der Waals surface area contributed by atoms with E-state index in [1.165, 1.54) is 31.2 Å². The molecule has 0 saturated heterocycles. The Bertz CT molecular complexity index is 998. The van der Waals surface area contributed by atoms with E-state index in [1.54, 1.807) is 35.1 Å². The molecule has 2 aromatic carbocycles. The van der Waals surface area contributed by atoms with Gasteiger partial charge in [-0.05, 0) is 68.4 Å². The Morgan fingerprint density at radius 1 is 0.966 bits per heavy atom. The number of nitrogens with zero attached hydrogens (tertiary/aromatic N) is 2. The number of hydrogen-bond donors (Lipinski definition) is 0. The van der Waals surface area contributed by atoms with E-state index in [4.69, 9.17) is 4.74 Å². The third-order valence-electron chi connectivity index (χ3n) is 4.20. The Morgan fingerprint density at radius 2 is 1.59 bits per heavy atom. The van der Waals surface area contributed by atoms with Crippen molar-refractivity contribution < 1.29 is 27.8 Å². The summed E-state index contributed by atoms with van der Waals surface area (Å²) in [4.78, 5) is 24.7. The molecular formula is C21H18F2N2O4. The molecule has 0 aliphatic carbocycles. The van der Waals surface area contributed by atoms with Gasteiger partial charge in [0.1, 0.15) is 5.75 Å². The molecule has 8 heteroatoms. The largest absolute Gasteiger partial charge is 0.451 e. The van der Waals surface area contributed by atoms with Gasteiger partial charge in [0.25, 0.3) is 0 Å². The molecule has 0 amide bonds. The van der Waals surface area contributed by atoms with Crippen molar-refractivity contribution in [2.24, 2.45) is 0 Å². The first-order chi connectivity index (χ1) is 13.8. The van der Waals surface area contributed by atoms with E-state index in [9.17, 15) is 18.4 Å². The summed E-state index contributed by atoms with van der Waals surface area (Å²) in [6, 6.07) is 13.7. The molecular weight excluding hydrogens is 382 g/mol. The summed E-state index contributed by atoms with van der Waals surface area (Å²) in [7, 11) is 0. The van der Waals surface area contributed by atoms with Gasteiger partial charge in [-0.1, -0.05) is 0 Å². The number of rotatable bonds is 7. The number of alkyl halides is 2. The summed E-state index contributed by atoms with van der Waals surface area (Å²) in [6.07, 6.45) is 0.633. The van der Waals surface area contributed by atoms with E-state index < -0.39 is 24.5 Å². The van der Waals surface area contributed by atoms with Crippen molar-refractivity contribution in [3.05, 3.63) is 77.6 Å². The summed E-state index contributed by atoms with van der Waals surface area (Å²) in [5, 5.41) is 4.19. The number of aryl methyl sites for hydroxylation is 1. The van der Waals surface area contributed by atoms with Crippen molar-refractivity contribution in [3.8, 4) is 11.4 Å². The number of halogens is 2. The first-order valence-electron chi connectivity index (χ1n) is 8.76. The normalized spacial score (nSPS) is 11.9. The molecule has 0 unspecified atom stereocenters. The van der Waals surface area contributed by atoms with Crippen LogP contribution in [0.4, 0.5) is 8.78 Å². The molecule has 0 fully saturated rings. The molecule has 0 N–H and O–H groups in total. The van der Waals surface area contributed by atoms with Crippen LogP contribution in [-0.2, 0) is 4.74 Å². The second kappa shape index (κ2) is 8.64. The van der Waals surface area contributed by atoms with Crippen LogP contribution in [0.5, 0.6) is 5.75 Å². The number of aromatic nitrogens is 2. The Balaban J connectivity index is 1.63. The number of Topliss-reactive ketones (excluding diaryl/α,β-unsaturated/α-hetero) is 1. The number of ether oxygens (including phenoxy) is 2. The smallest absolute Gasteiger partial charge is 0.387 e. The van der Waals surface area contributed by atoms with Crippen LogP contribution in [0.25, 0.3) is 5.69 Å². The van der Waals surface area contributed by atoms with E-state index in [2.05, 4.69) is 9.84 Å². The van der Waals surface area contributed by atoms with Gasteiger partial charge in [0.05, 0.1) is 11.3 Å². The Labute approximate surface area is 165 Å². The van der Waals surface area contributed by atoms with Gasteiger partial charge in [0.2, 0.25) is 5.78 Å². The summed E-state index contributed by atoms with van der Waals surface area (Å²) in [6.45, 7) is 0.417. The Kier molecular flexibility index (Phi) is 6.01. The second-order valence-corrected chi connectivity index (χ2v) is 6.25. The lowest BCUT2D eigenvalue weighted by Gasteiger charge is -2.13. The summed E-state index contributed by atoms with van der Waals surface area (Å²) in [5.74, 6) is -1.16. The number of ketones is 1. The minimum absolute atomic E-state index is 0.0614. The van der Waals surface area contributed by atoms with Crippen LogP contribution < -0.4 is 4.74 Å². The number of carbonyl (C=O) groups is 2. The van der Waals surface area contributed by atoms with Crippen LogP contribution in [0.1, 0.15) is 33.3 Å². The quantitative estimate of drug-likeness (QED) is 0.439. The summed E-state index contributed by atoms with van der Waals surface area (Å²) >= 11 is 0.